The van der Waals surface area contributed by atoms with Gasteiger partial charge in [0.15, 0.2) is 0 Å². The Balaban J connectivity index is 1.72. The van der Waals surface area contributed by atoms with Gasteiger partial charge in [-0.25, -0.2) is 9.80 Å². The molecule has 0 aliphatic rings. The summed E-state index contributed by atoms with van der Waals surface area (Å²) in [7, 11) is 1.49. The van der Waals surface area contributed by atoms with Gasteiger partial charge >= 0.3 is 12.2 Å². The first-order valence-electron chi connectivity index (χ1n) is 10.3. The number of aromatic nitrogens is 1. The summed E-state index contributed by atoms with van der Waals surface area (Å²) in [6.45, 7) is 6.87. The minimum Gasteiger partial charge on any atom is -0.457 e. The van der Waals surface area contributed by atoms with Gasteiger partial charge < -0.3 is 20.7 Å². The molecule has 0 bridgehead atoms. The van der Waals surface area contributed by atoms with Crippen molar-refractivity contribution >= 4 is 35.7 Å². The van der Waals surface area contributed by atoms with Crippen molar-refractivity contribution in [1.82, 2.24) is 10.3 Å². The van der Waals surface area contributed by atoms with Crippen LogP contribution in [-0.4, -0.2) is 30.7 Å². The number of ether oxygens (including phenoxy) is 1. The van der Waals surface area contributed by atoms with E-state index in [1.54, 1.807) is 18.2 Å². The highest BCUT2D eigenvalue weighted by Gasteiger charge is 2.31. The lowest BCUT2D eigenvalue weighted by Crippen LogP contribution is -2.21. The van der Waals surface area contributed by atoms with Gasteiger partial charge in [-0.15, -0.1) is 0 Å². The van der Waals surface area contributed by atoms with Crippen molar-refractivity contribution in [2.75, 3.05) is 22.7 Å². The molecule has 12 heteroatoms. The van der Waals surface area contributed by atoms with E-state index in [4.69, 9.17) is 4.74 Å². The number of amides is 3. The fraction of sp³-hybridized carbons (Fsp3) is 0.0833. The van der Waals surface area contributed by atoms with Crippen molar-refractivity contribution in [1.29, 1.82) is 0 Å². The summed E-state index contributed by atoms with van der Waals surface area (Å²) in [5.41, 5.74) is -0.441. The number of urea groups is 1. The summed E-state index contributed by atoms with van der Waals surface area (Å²) in [5, 5.41) is 12.2. The number of carbonyl (C=O) groups excluding carboxylic acids is 2. The Morgan fingerprint density at radius 1 is 1.06 bits per heavy atom. The van der Waals surface area contributed by atoms with Crippen molar-refractivity contribution in [2.45, 2.75) is 6.18 Å². The number of rotatable bonds is 8. The van der Waals surface area contributed by atoms with Gasteiger partial charge in [0.1, 0.15) is 17.2 Å². The predicted octanol–water partition coefficient (Wildman–Crippen LogP) is 5.46. The highest BCUT2D eigenvalue weighted by molar-refractivity contribution is 6.02. The molecule has 0 saturated heterocycles. The molecule has 9 nitrogen and oxygen atoms in total. The molecule has 0 radical (unpaired) electrons. The van der Waals surface area contributed by atoms with Gasteiger partial charge in [-0.1, -0.05) is 6.58 Å². The molecule has 0 spiro atoms. The van der Waals surface area contributed by atoms with Crippen LogP contribution in [0.1, 0.15) is 16.1 Å². The number of nitrogens with zero attached hydrogens (tertiary/aromatic N) is 3. The van der Waals surface area contributed by atoms with Gasteiger partial charge in [0.2, 0.25) is 0 Å². The van der Waals surface area contributed by atoms with Gasteiger partial charge in [0.25, 0.3) is 5.91 Å². The fourth-order valence-corrected chi connectivity index (χ4v) is 3.00. The molecule has 0 fully saturated rings. The van der Waals surface area contributed by atoms with Gasteiger partial charge in [-0.2, -0.15) is 18.3 Å². The molecular weight excluding hydrogens is 477 g/mol. The number of nitrogens with one attached hydrogen (secondary N) is 3. The number of anilines is 3. The van der Waals surface area contributed by atoms with E-state index in [0.717, 1.165) is 23.2 Å². The highest BCUT2D eigenvalue weighted by atomic mass is 19.4. The summed E-state index contributed by atoms with van der Waals surface area (Å²) in [4.78, 5) is 28.2. The van der Waals surface area contributed by atoms with Gasteiger partial charge in [-0.3, -0.25) is 9.78 Å². The average molecular weight is 498 g/mol. The maximum Gasteiger partial charge on any atom is 0.416 e. The molecule has 0 unspecified atom stereocenters. The molecule has 0 saturated carbocycles. The van der Waals surface area contributed by atoms with Crippen molar-refractivity contribution in [2.24, 2.45) is 5.10 Å². The van der Waals surface area contributed by atoms with E-state index in [-0.39, 0.29) is 23.0 Å². The van der Waals surface area contributed by atoms with Crippen LogP contribution < -0.4 is 25.7 Å². The molecule has 2 aromatic carbocycles. The molecule has 0 atom stereocenters. The number of carbonyl (C=O) groups is 2. The van der Waals surface area contributed by atoms with Crippen LogP contribution in [0.15, 0.2) is 78.7 Å². The Labute approximate surface area is 204 Å². The van der Waals surface area contributed by atoms with Gasteiger partial charge in [0, 0.05) is 37.9 Å². The maximum absolute atomic E-state index is 13.2. The fourth-order valence-electron chi connectivity index (χ4n) is 3.00. The minimum absolute atomic E-state index is 0.139. The number of hydrogen-bond acceptors (Lipinski definition) is 6. The molecular formula is C24H21F3N6O3. The Morgan fingerprint density at radius 2 is 1.78 bits per heavy atom. The van der Waals surface area contributed by atoms with Crippen LogP contribution in [0, 0.1) is 0 Å². The second-order valence-electron chi connectivity index (χ2n) is 7.06. The molecule has 3 amide bonds. The number of alkyl halides is 3. The lowest BCUT2D eigenvalue weighted by Gasteiger charge is -2.20. The molecule has 1 heterocycles. The van der Waals surface area contributed by atoms with Crippen molar-refractivity contribution in [3.05, 3.63) is 84.8 Å². The van der Waals surface area contributed by atoms with Gasteiger partial charge in [-0.05, 0) is 48.5 Å². The number of halogens is 3. The summed E-state index contributed by atoms with van der Waals surface area (Å²) < 4.78 is 45.3. The van der Waals surface area contributed by atoms with E-state index in [1.165, 1.54) is 37.6 Å². The summed E-state index contributed by atoms with van der Waals surface area (Å²) in [6, 6.07) is 11.2. The SMILES string of the molecule is C=CN(N=C)c1ccc(C(F)(F)F)cc1NC(=O)Nc1ccc(Oc2ccnc(C(=O)NC)c2)cc1. The smallest absolute Gasteiger partial charge is 0.416 e. The molecule has 36 heavy (non-hydrogen) atoms. The molecule has 3 rings (SSSR count). The second kappa shape index (κ2) is 11.0. The van der Waals surface area contributed by atoms with Crippen LogP contribution in [0.3, 0.4) is 0 Å². The first-order valence-corrected chi connectivity index (χ1v) is 10.3. The Hall–Kier alpha value is -4.87. The van der Waals surface area contributed by atoms with Gasteiger partial charge in [0.05, 0.1) is 16.9 Å². The predicted molar refractivity (Wildman–Crippen MR) is 130 cm³/mol. The van der Waals surface area contributed by atoms with Crippen LogP contribution in [-0.2, 0) is 6.18 Å². The standard InChI is InChI=1S/C24H21F3N6O3/c1-4-33(29-3)21-10-5-15(24(25,26)27)13-19(21)32-23(35)31-16-6-8-17(9-7-16)36-18-11-12-30-20(14-18)22(34)28-2/h4-14H,1,3H2,2H3,(H,28,34)(H2,31,32,35). The number of benzene rings is 2. The van der Waals surface area contributed by atoms with E-state index >= 15 is 0 Å². The minimum atomic E-state index is -4.61. The number of pyridine rings is 1. The van der Waals surface area contributed by atoms with Crippen molar-refractivity contribution in [3.63, 3.8) is 0 Å². The summed E-state index contributed by atoms with van der Waals surface area (Å²) in [5.74, 6) is 0.422. The third kappa shape index (κ3) is 6.38. The maximum atomic E-state index is 13.2. The largest absolute Gasteiger partial charge is 0.457 e. The van der Waals surface area contributed by atoms with Crippen molar-refractivity contribution in [3.8, 4) is 11.5 Å². The van der Waals surface area contributed by atoms with E-state index < -0.39 is 17.8 Å². The van der Waals surface area contributed by atoms with E-state index in [0.29, 0.717) is 17.2 Å². The molecule has 3 aromatic rings. The number of hydrogen-bond donors (Lipinski definition) is 3. The van der Waals surface area contributed by atoms with Crippen LogP contribution in [0.5, 0.6) is 11.5 Å². The average Bonchev–Trinajstić information content (AvgIpc) is 2.85. The zero-order valence-electron chi connectivity index (χ0n) is 19.0. The first-order chi connectivity index (χ1) is 17.1. The van der Waals surface area contributed by atoms with E-state index in [2.05, 4.69) is 39.3 Å². The van der Waals surface area contributed by atoms with Crippen LogP contribution in [0.25, 0.3) is 0 Å². The monoisotopic (exact) mass is 498 g/mol. The van der Waals surface area contributed by atoms with E-state index in [1.807, 2.05) is 0 Å². The zero-order chi connectivity index (χ0) is 26.3. The highest BCUT2D eigenvalue weighted by Crippen LogP contribution is 2.36. The lowest BCUT2D eigenvalue weighted by molar-refractivity contribution is -0.137. The number of hydrazone groups is 1. The summed E-state index contributed by atoms with van der Waals surface area (Å²) >= 11 is 0. The topological polar surface area (TPSA) is 108 Å². The van der Waals surface area contributed by atoms with Crippen LogP contribution in [0.4, 0.5) is 35.0 Å². The Morgan fingerprint density at radius 3 is 2.39 bits per heavy atom. The quantitative estimate of drug-likeness (QED) is 0.282. The Bertz CT molecular complexity index is 1270. The molecule has 0 aliphatic heterocycles. The lowest BCUT2D eigenvalue weighted by atomic mass is 10.1. The van der Waals surface area contributed by atoms with Crippen LogP contribution in [0.2, 0.25) is 0 Å². The molecule has 186 valence electrons. The van der Waals surface area contributed by atoms with E-state index in [9.17, 15) is 22.8 Å². The van der Waals surface area contributed by atoms with Crippen molar-refractivity contribution < 1.29 is 27.5 Å². The first kappa shape index (κ1) is 25.7. The third-order valence-corrected chi connectivity index (χ3v) is 4.68. The molecule has 3 N–H and O–H groups in total. The Kier molecular flexibility index (Phi) is 7.89. The normalized spacial score (nSPS) is 10.7. The molecule has 1 aromatic heterocycles. The third-order valence-electron chi connectivity index (χ3n) is 4.68. The zero-order valence-corrected chi connectivity index (χ0v) is 19.0. The van der Waals surface area contributed by atoms with Crippen LogP contribution >= 0.6 is 0 Å². The second-order valence-corrected chi connectivity index (χ2v) is 7.06. The molecule has 0 aliphatic carbocycles. The summed E-state index contributed by atoms with van der Waals surface area (Å²) in [6.07, 6.45) is -1.95.